The normalized spacial score (nSPS) is 12.6. The number of imide groups is 1. The first kappa shape index (κ1) is 34.8. The van der Waals surface area contributed by atoms with Crippen molar-refractivity contribution >= 4 is 24.0 Å². The number of benzene rings is 3. The molecule has 10 heteroatoms. The van der Waals surface area contributed by atoms with E-state index in [-0.39, 0.29) is 31.1 Å². The summed E-state index contributed by atoms with van der Waals surface area (Å²) in [5.74, 6) is -1.67. The molecule has 0 fully saturated rings. The number of esters is 1. The summed E-state index contributed by atoms with van der Waals surface area (Å²) in [5, 5.41) is 21.2. The average Bonchev–Trinajstić information content (AvgIpc) is 3.42. The molecule has 0 aliphatic heterocycles. The number of aliphatic hydroxyl groups is 2. The van der Waals surface area contributed by atoms with Crippen molar-refractivity contribution in [2.24, 2.45) is 0 Å². The lowest BCUT2D eigenvalue weighted by Crippen LogP contribution is -2.38. The predicted octanol–water partition coefficient (Wildman–Crippen LogP) is 6.64. The molecule has 2 unspecified atom stereocenters. The molecule has 1 aromatic heterocycles. The summed E-state index contributed by atoms with van der Waals surface area (Å²) in [5.41, 5.74) is 3.72. The lowest BCUT2D eigenvalue weighted by atomic mass is 9.94. The number of carbonyl (C=O) groups excluding carboxylic acids is 3. The third-order valence-electron chi connectivity index (χ3n) is 7.60. The molecule has 4 aromatic rings. The largest absolute Gasteiger partial charge is 0.469 e. The molecule has 2 atom stereocenters. The minimum absolute atomic E-state index is 0.0578. The number of hydrogen-bond donors (Lipinski definition) is 2. The summed E-state index contributed by atoms with van der Waals surface area (Å²) in [6.07, 6.45) is -0.500. The van der Waals surface area contributed by atoms with Gasteiger partial charge in [0.05, 0.1) is 39.4 Å². The molecule has 0 saturated carbocycles. The smallest absolute Gasteiger partial charge is 0.416 e. The number of aliphatic hydroxyl groups excluding tert-OH is 2. The van der Waals surface area contributed by atoms with E-state index in [9.17, 15) is 29.0 Å². The molecule has 0 bridgehead atoms. The number of methoxy groups -OCH3 is 2. The Kier molecular flexibility index (Phi) is 11.8. The topological polar surface area (TPSA) is 118 Å². The maximum atomic E-state index is 14.7. The molecule has 2 N–H and O–H groups in total. The van der Waals surface area contributed by atoms with Gasteiger partial charge in [-0.15, -0.1) is 0 Å². The summed E-state index contributed by atoms with van der Waals surface area (Å²) >= 11 is 0. The molecule has 4 rings (SSSR count). The number of rotatable bonds is 12. The van der Waals surface area contributed by atoms with Crippen molar-refractivity contribution in [1.29, 1.82) is 0 Å². The van der Waals surface area contributed by atoms with Crippen LogP contribution in [0.15, 0.2) is 91.0 Å². The van der Waals surface area contributed by atoms with Crippen LogP contribution in [0.3, 0.4) is 0 Å². The van der Waals surface area contributed by atoms with E-state index in [2.05, 4.69) is 4.74 Å². The van der Waals surface area contributed by atoms with Gasteiger partial charge in [-0.05, 0) is 48.7 Å². The molecule has 9 nitrogen and oxygen atoms in total. The highest BCUT2D eigenvalue weighted by atomic mass is 19.1. The Labute approximate surface area is 273 Å². The van der Waals surface area contributed by atoms with Crippen LogP contribution in [-0.4, -0.2) is 64.1 Å². The summed E-state index contributed by atoms with van der Waals surface area (Å²) in [7, 11) is 2.42. The SMILES string of the molecule is COC(=O)CC(O)CC(O)C=Cc1c(-c2ccc(F)cc2)c(-c2ccccc2)c(C(=O)N(Cc2ccccc2)C(=O)OC)n1C(C)C. The first-order chi connectivity index (χ1) is 22.5. The molecule has 246 valence electrons. The summed E-state index contributed by atoms with van der Waals surface area (Å²) < 4.78 is 25.6. The standard InChI is InChI=1S/C37H39FN2O7/c1-24(2)40-31(20-19-29(41)21-30(42)22-32(43)46-3)33(27-15-17-28(38)18-16-27)34(26-13-9-6-10-14-26)35(40)36(44)39(37(45)47-4)23-25-11-7-5-8-12-25/h5-20,24,29-30,41-42H,21-23H2,1-4H3. The molecule has 3 aromatic carbocycles. The highest BCUT2D eigenvalue weighted by Gasteiger charge is 2.34. The van der Waals surface area contributed by atoms with Crippen LogP contribution in [0.2, 0.25) is 0 Å². The van der Waals surface area contributed by atoms with Gasteiger partial charge in [0.25, 0.3) is 5.91 Å². The molecule has 2 amide bonds. The fourth-order valence-corrected chi connectivity index (χ4v) is 5.45. The van der Waals surface area contributed by atoms with E-state index < -0.39 is 36.0 Å². The zero-order valence-electron chi connectivity index (χ0n) is 26.8. The van der Waals surface area contributed by atoms with E-state index in [0.717, 1.165) is 4.90 Å². The van der Waals surface area contributed by atoms with Crippen molar-refractivity contribution in [1.82, 2.24) is 9.47 Å². The van der Waals surface area contributed by atoms with E-state index >= 15 is 0 Å². The second-order valence-corrected chi connectivity index (χ2v) is 11.3. The fraction of sp³-hybridized carbons (Fsp3) is 0.270. The number of halogens is 1. The Morgan fingerprint density at radius 3 is 2.02 bits per heavy atom. The minimum atomic E-state index is -1.17. The van der Waals surface area contributed by atoms with Gasteiger partial charge in [-0.2, -0.15) is 0 Å². The predicted molar refractivity (Wildman–Crippen MR) is 177 cm³/mol. The van der Waals surface area contributed by atoms with Crippen LogP contribution in [0, 0.1) is 5.82 Å². The molecular weight excluding hydrogens is 603 g/mol. The van der Waals surface area contributed by atoms with Gasteiger partial charge in [-0.1, -0.05) is 78.9 Å². The Morgan fingerprint density at radius 2 is 1.45 bits per heavy atom. The van der Waals surface area contributed by atoms with E-state index in [4.69, 9.17) is 4.74 Å². The quantitative estimate of drug-likeness (QED) is 0.166. The van der Waals surface area contributed by atoms with E-state index in [1.165, 1.54) is 32.4 Å². The first-order valence-corrected chi connectivity index (χ1v) is 15.2. The van der Waals surface area contributed by atoms with Gasteiger partial charge in [0.15, 0.2) is 0 Å². The molecule has 0 saturated heterocycles. The molecule has 0 spiro atoms. The van der Waals surface area contributed by atoms with Crippen molar-refractivity contribution in [3.8, 4) is 22.3 Å². The van der Waals surface area contributed by atoms with Crippen LogP contribution < -0.4 is 0 Å². The Morgan fingerprint density at radius 1 is 0.851 bits per heavy atom. The van der Waals surface area contributed by atoms with Crippen LogP contribution in [-0.2, 0) is 20.8 Å². The number of aromatic nitrogens is 1. The van der Waals surface area contributed by atoms with E-state index in [1.54, 1.807) is 34.9 Å². The molecule has 0 aliphatic rings. The van der Waals surface area contributed by atoms with Crippen molar-refractivity contribution < 1.29 is 38.5 Å². The maximum Gasteiger partial charge on any atom is 0.416 e. The third-order valence-corrected chi connectivity index (χ3v) is 7.60. The number of nitrogens with zero attached hydrogens (tertiary/aromatic N) is 2. The van der Waals surface area contributed by atoms with Crippen molar-refractivity contribution in [3.63, 3.8) is 0 Å². The van der Waals surface area contributed by atoms with Gasteiger partial charge in [0.1, 0.15) is 11.5 Å². The third kappa shape index (κ3) is 8.41. The molecule has 0 aliphatic carbocycles. The highest BCUT2D eigenvalue weighted by molar-refractivity contribution is 6.10. The van der Waals surface area contributed by atoms with E-state index in [1.807, 2.05) is 62.4 Å². The second kappa shape index (κ2) is 16.0. The molecular formula is C37H39FN2O7. The van der Waals surface area contributed by atoms with Crippen molar-refractivity contribution in [3.05, 3.63) is 114 Å². The Bertz CT molecular complexity index is 1700. The average molecular weight is 643 g/mol. The second-order valence-electron chi connectivity index (χ2n) is 11.3. The molecule has 0 radical (unpaired) electrons. The minimum Gasteiger partial charge on any atom is -0.469 e. The summed E-state index contributed by atoms with van der Waals surface area (Å²) in [6, 6.07) is 23.7. The van der Waals surface area contributed by atoms with Crippen LogP contribution in [0.25, 0.3) is 28.3 Å². The lowest BCUT2D eigenvalue weighted by Gasteiger charge is -2.23. The fourth-order valence-electron chi connectivity index (χ4n) is 5.45. The van der Waals surface area contributed by atoms with Gasteiger partial charge >= 0.3 is 12.1 Å². The van der Waals surface area contributed by atoms with Gasteiger partial charge < -0.3 is 24.3 Å². The highest BCUT2D eigenvalue weighted by Crippen LogP contribution is 2.43. The number of amides is 2. The van der Waals surface area contributed by atoms with Gasteiger partial charge in [-0.25, -0.2) is 14.1 Å². The summed E-state index contributed by atoms with van der Waals surface area (Å²) in [6.45, 7) is 3.71. The van der Waals surface area contributed by atoms with Crippen LogP contribution in [0.4, 0.5) is 9.18 Å². The van der Waals surface area contributed by atoms with Crippen molar-refractivity contribution in [2.45, 2.75) is 51.5 Å². The Balaban J connectivity index is 1.99. The lowest BCUT2D eigenvalue weighted by molar-refractivity contribution is -0.143. The van der Waals surface area contributed by atoms with Crippen LogP contribution in [0.5, 0.6) is 0 Å². The Hall–Kier alpha value is -5.06. The van der Waals surface area contributed by atoms with E-state index in [0.29, 0.717) is 33.5 Å². The van der Waals surface area contributed by atoms with Gasteiger partial charge in [0.2, 0.25) is 0 Å². The number of ether oxygens (including phenoxy) is 2. The first-order valence-electron chi connectivity index (χ1n) is 15.2. The number of hydrogen-bond acceptors (Lipinski definition) is 7. The summed E-state index contributed by atoms with van der Waals surface area (Å²) in [4.78, 5) is 40.6. The molecule has 1 heterocycles. The monoisotopic (exact) mass is 642 g/mol. The van der Waals surface area contributed by atoms with Gasteiger partial charge in [-0.3, -0.25) is 9.59 Å². The van der Waals surface area contributed by atoms with Crippen LogP contribution in [0.1, 0.15) is 54.5 Å². The molecule has 47 heavy (non-hydrogen) atoms. The number of carbonyl (C=O) groups is 3. The zero-order chi connectivity index (χ0) is 34.1. The van der Waals surface area contributed by atoms with Gasteiger partial charge in [0, 0.05) is 29.3 Å². The maximum absolute atomic E-state index is 14.7. The van der Waals surface area contributed by atoms with Crippen molar-refractivity contribution in [2.75, 3.05) is 14.2 Å². The zero-order valence-corrected chi connectivity index (χ0v) is 26.8. The van der Waals surface area contributed by atoms with Crippen LogP contribution >= 0.6 is 0 Å².